The summed E-state index contributed by atoms with van der Waals surface area (Å²) in [6.07, 6.45) is 0. The highest BCUT2D eigenvalue weighted by molar-refractivity contribution is 7.99. The number of nitrogen functional groups attached to an aromatic ring is 1. The Hall–Kier alpha value is -2.87. The quantitative estimate of drug-likeness (QED) is 0.487. The first kappa shape index (κ1) is 19.9. The van der Waals surface area contributed by atoms with Crippen molar-refractivity contribution in [3.05, 3.63) is 66.0 Å². The highest BCUT2D eigenvalue weighted by Crippen LogP contribution is 2.22. The number of halogens is 1. The van der Waals surface area contributed by atoms with E-state index >= 15 is 0 Å². The molecule has 28 heavy (non-hydrogen) atoms. The van der Waals surface area contributed by atoms with E-state index in [0.29, 0.717) is 23.1 Å². The van der Waals surface area contributed by atoms with E-state index in [1.807, 2.05) is 49.1 Å². The van der Waals surface area contributed by atoms with E-state index < -0.39 is 0 Å². The Kier molecular flexibility index (Phi) is 6.30. The summed E-state index contributed by atoms with van der Waals surface area (Å²) >= 11 is 1.23. The summed E-state index contributed by atoms with van der Waals surface area (Å²) < 4.78 is 14.4. The summed E-state index contributed by atoms with van der Waals surface area (Å²) in [5.41, 5.74) is 1.73. The molecular weight excluding hydrogens is 377 g/mol. The van der Waals surface area contributed by atoms with Gasteiger partial charge in [-0.3, -0.25) is 4.79 Å². The predicted octanol–water partition coefficient (Wildman–Crippen LogP) is 3.33. The monoisotopic (exact) mass is 399 g/mol. The largest absolute Gasteiger partial charge is 0.335 e. The number of hydrogen-bond acceptors (Lipinski definition) is 5. The lowest BCUT2D eigenvalue weighted by Crippen LogP contribution is -2.37. The highest BCUT2D eigenvalue weighted by atomic mass is 32.2. The average Bonchev–Trinajstić information content (AvgIpc) is 3.06. The molecule has 3 aromatic rings. The summed E-state index contributed by atoms with van der Waals surface area (Å²) in [5.74, 6) is 6.35. The predicted molar refractivity (Wildman–Crippen MR) is 108 cm³/mol. The second-order valence-electron chi connectivity index (χ2n) is 6.57. The molecule has 0 unspecified atom stereocenters. The molecule has 0 saturated carbocycles. The van der Waals surface area contributed by atoms with Crippen LogP contribution in [0.25, 0.3) is 11.4 Å². The van der Waals surface area contributed by atoms with Gasteiger partial charge >= 0.3 is 0 Å². The third kappa shape index (κ3) is 4.69. The molecule has 1 heterocycles. The summed E-state index contributed by atoms with van der Waals surface area (Å²) in [5, 5.41) is 8.55. The van der Waals surface area contributed by atoms with E-state index in [0.717, 1.165) is 5.56 Å². The molecule has 2 N–H and O–H groups in total. The van der Waals surface area contributed by atoms with Gasteiger partial charge in [0.05, 0.1) is 5.75 Å². The Balaban J connectivity index is 1.67. The minimum atomic E-state index is -0.334. The molecule has 0 atom stereocenters. The second-order valence-corrected chi connectivity index (χ2v) is 7.52. The van der Waals surface area contributed by atoms with Crippen molar-refractivity contribution in [1.82, 2.24) is 19.8 Å². The summed E-state index contributed by atoms with van der Waals surface area (Å²) in [4.78, 5) is 14.6. The summed E-state index contributed by atoms with van der Waals surface area (Å²) in [6, 6.07) is 15.8. The number of rotatable bonds is 7. The lowest BCUT2D eigenvalue weighted by molar-refractivity contribution is -0.130. The molecule has 8 heteroatoms. The number of carbonyl (C=O) groups excluding carboxylic acids is 1. The molecule has 3 rings (SSSR count). The van der Waals surface area contributed by atoms with E-state index in [1.54, 1.807) is 12.1 Å². The van der Waals surface area contributed by atoms with Gasteiger partial charge in [-0.25, -0.2) is 9.07 Å². The van der Waals surface area contributed by atoms with Crippen molar-refractivity contribution in [2.45, 2.75) is 31.6 Å². The topological polar surface area (TPSA) is 77.0 Å². The van der Waals surface area contributed by atoms with Crippen LogP contribution < -0.4 is 5.84 Å². The van der Waals surface area contributed by atoms with E-state index in [9.17, 15) is 9.18 Å². The van der Waals surface area contributed by atoms with Crippen LogP contribution in [0.5, 0.6) is 0 Å². The van der Waals surface area contributed by atoms with E-state index in [-0.39, 0.29) is 23.5 Å². The SMILES string of the molecule is CC(C)N(Cc1ccccc1)C(=O)CSc1nnc(-c2ccc(F)cc2)n1N. The number of nitrogens with zero attached hydrogens (tertiary/aromatic N) is 4. The maximum atomic E-state index is 13.1. The molecular formula is C20H22FN5OS. The molecule has 0 aliphatic rings. The Labute approximate surface area is 167 Å². The lowest BCUT2D eigenvalue weighted by Gasteiger charge is -2.26. The van der Waals surface area contributed by atoms with Crippen molar-refractivity contribution in [2.75, 3.05) is 11.6 Å². The number of aromatic nitrogens is 3. The minimum absolute atomic E-state index is 0.00446. The van der Waals surface area contributed by atoms with Gasteiger partial charge in [0.25, 0.3) is 0 Å². The van der Waals surface area contributed by atoms with Crippen LogP contribution in [0.15, 0.2) is 59.8 Å². The smallest absolute Gasteiger partial charge is 0.233 e. The van der Waals surface area contributed by atoms with E-state index in [1.165, 1.54) is 28.6 Å². The van der Waals surface area contributed by atoms with Gasteiger partial charge in [0.1, 0.15) is 5.82 Å². The van der Waals surface area contributed by atoms with Gasteiger partial charge in [-0.05, 0) is 43.7 Å². The fourth-order valence-corrected chi connectivity index (χ4v) is 3.46. The number of hydrogen-bond donors (Lipinski definition) is 1. The van der Waals surface area contributed by atoms with Crippen molar-refractivity contribution in [3.8, 4) is 11.4 Å². The van der Waals surface area contributed by atoms with E-state index in [2.05, 4.69) is 10.2 Å². The third-order valence-electron chi connectivity index (χ3n) is 4.23. The van der Waals surface area contributed by atoms with Crippen LogP contribution in [0.3, 0.4) is 0 Å². The van der Waals surface area contributed by atoms with Gasteiger partial charge in [-0.2, -0.15) is 0 Å². The molecule has 0 aliphatic heterocycles. The molecule has 0 aliphatic carbocycles. The van der Waals surface area contributed by atoms with Crippen LogP contribution in [0.2, 0.25) is 0 Å². The number of amides is 1. The maximum Gasteiger partial charge on any atom is 0.233 e. The van der Waals surface area contributed by atoms with E-state index in [4.69, 9.17) is 5.84 Å². The van der Waals surface area contributed by atoms with Crippen LogP contribution in [0, 0.1) is 5.82 Å². The number of thioether (sulfide) groups is 1. The Morgan fingerprint density at radius 2 is 1.82 bits per heavy atom. The fraction of sp³-hybridized carbons (Fsp3) is 0.250. The molecule has 1 aromatic heterocycles. The van der Waals surface area contributed by atoms with Gasteiger partial charge in [0.2, 0.25) is 11.1 Å². The van der Waals surface area contributed by atoms with Gasteiger partial charge < -0.3 is 10.7 Å². The van der Waals surface area contributed by atoms with Gasteiger partial charge in [0.15, 0.2) is 5.82 Å². The summed E-state index contributed by atoms with van der Waals surface area (Å²) in [7, 11) is 0. The van der Waals surface area contributed by atoms with Crippen molar-refractivity contribution in [1.29, 1.82) is 0 Å². The lowest BCUT2D eigenvalue weighted by atomic mass is 10.2. The molecule has 0 bridgehead atoms. The Bertz CT molecular complexity index is 928. The standard InChI is InChI=1S/C20H22FN5OS/c1-14(2)25(12-15-6-4-3-5-7-15)18(27)13-28-20-24-23-19(26(20)22)16-8-10-17(21)11-9-16/h3-11,14H,12-13,22H2,1-2H3. The van der Waals surface area contributed by atoms with Crippen LogP contribution in [-0.2, 0) is 11.3 Å². The van der Waals surface area contributed by atoms with Gasteiger partial charge in [-0.1, -0.05) is 42.1 Å². The van der Waals surface area contributed by atoms with Crippen LogP contribution >= 0.6 is 11.8 Å². The van der Waals surface area contributed by atoms with Crippen molar-refractivity contribution in [3.63, 3.8) is 0 Å². The maximum absolute atomic E-state index is 13.1. The zero-order valence-electron chi connectivity index (χ0n) is 15.7. The Morgan fingerprint density at radius 3 is 2.46 bits per heavy atom. The molecule has 0 saturated heterocycles. The van der Waals surface area contributed by atoms with Gasteiger partial charge in [0, 0.05) is 18.2 Å². The molecule has 6 nitrogen and oxygen atoms in total. The second kappa shape index (κ2) is 8.88. The van der Waals surface area contributed by atoms with Crippen molar-refractivity contribution in [2.24, 2.45) is 0 Å². The number of benzene rings is 2. The average molecular weight is 399 g/mol. The first-order valence-electron chi connectivity index (χ1n) is 8.88. The molecule has 2 aromatic carbocycles. The Morgan fingerprint density at radius 1 is 1.14 bits per heavy atom. The number of carbonyl (C=O) groups is 1. The highest BCUT2D eigenvalue weighted by Gasteiger charge is 2.20. The van der Waals surface area contributed by atoms with Crippen LogP contribution in [0.1, 0.15) is 19.4 Å². The normalized spacial score (nSPS) is 11.0. The van der Waals surface area contributed by atoms with Crippen LogP contribution in [-0.4, -0.2) is 37.5 Å². The zero-order chi connectivity index (χ0) is 20.1. The van der Waals surface area contributed by atoms with Crippen LogP contribution in [0.4, 0.5) is 4.39 Å². The fourth-order valence-electron chi connectivity index (χ4n) is 2.72. The van der Waals surface area contributed by atoms with Crippen molar-refractivity contribution >= 4 is 17.7 Å². The number of nitrogens with two attached hydrogens (primary N) is 1. The van der Waals surface area contributed by atoms with Crippen molar-refractivity contribution < 1.29 is 9.18 Å². The molecule has 0 fully saturated rings. The molecule has 146 valence electrons. The molecule has 1 amide bonds. The first-order chi connectivity index (χ1) is 13.5. The summed E-state index contributed by atoms with van der Waals surface area (Å²) in [6.45, 7) is 4.53. The third-order valence-corrected chi connectivity index (χ3v) is 5.16. The van der Waals surface area contributed by atoms with Gasteiger partial charge in [-0.15, -0.1) is 10.2 Å². The minimum Gasteiger partial charge on any atom is -0.335 e. The first-order valence-corrected chi connectivity index (χ1v) is 9.87. The zero-order valence-corrected chi connectivity index (χ0v) is 16.6. The molecule has 0 radical (unpaired) electrons. The molecule has 0 spiro atoms.